The highest BCUT2D eigenvalue weighted by molar-refractivity contribution is 7.82. The molecule has 0 radical (unpaired) electrons. The number of nitrogens with one attached hydrogen (secondary N) is 4. The van der Waals surface area contributed by atoms with Crippen LogP contribution in [0.15, 0.2) is 24.3 Å². The highest BCUT2D eigenvalue weighted by Gasteiger charge is 2.16. The largest absolute Gasteiger partial charge is 0.331 e. The maximum Gasteiger partial charge on any atom is 0.175 e. The zero-order chi connectivity index (χ0) is 31.0. The Bertz CT molecular complexity index is 848. The Morgan fingerprint density at radius 2 is 0.857 bits per heavy atom. The first-order chi connectivity index (χ1) is 20.4. The van der Waals surface area contributed by atoms with Crippen LogP contribution in [-0.4, -0.2) is 20.2 Å². The smallest absolute Gasteiger partial charge is 0.175 e. The van der Waals surface area contributed by atoms with E-state index in [0.717, 1.165) is 47.0 Å². The molecule has 0 spiro atoms. The van der Waals surface area contributed by atoms with Gasteiger partial charge in [-0.25, -0.2) is 0 Å². The van der Waals surface area contributed by atoms with E-state index in [-0.39, 0.29) is 0 Å². The summed E-state index contributed by atoms with van der Waals surface area (Å²) in [5.74, 6) is 0.684. The van der Waals surface area contributed by atoms with E-state index in [1.54, 1.807) is 0 Å². The summed E-state index contributed by atoms with van der Waals surface area (Å²) >= 11 is 22.8. The van der Waals surface area contributed by atoms with Crippen LogP contribution in [0.25, 0.3) is 0 Å². The van der Waals surface area contributed by atoms with Crippen LogP contribution in [0.2, 0.25) is 0 Å². The molecule has 0 aliphatic carbocycles. The molecule has 4 nitrogen and oxygen atoms in total. The minimum atomic E-state index is 0.342. The number of para-hydroxylation sites is 2. The fraction of sp³-hybridized carbons (Fsp3) is 0.706. The van der Waals surface area contributed by atoms with Gasteiger partial charge in [-0.3, -0.25) is 0 Å². The summed E-state index contributed by atoms with van der Waals surface area (Å²) in [6.07, 6.45) is 22.6. The summed E-state index contributed by atoms with van der Waals surface area (Å²) < 4.78 is 0. The second-order valence-corrected chi connectivity index (χ2v) is 13.2. The van der Waals surface area contributed by atoms with E-state index >= 15 is 0 Å². The molecule has 2 unspecified atom stereocenters. The average molecular weight is 651 g/mol. The highest BCUT2D eigenvalue weighted by atomic mass is 32.1. The van der Waals surface area contributed by atoms with Crippen molar-refractivity contribution in [3.63, 3.8) is 0 Å². The van der Waals surface area contributed by atoms with Crippen molar-refractivity contribution >= 4 is 80.4 Å². The third-order valence-corrected chi connectivity index (χ3v) is 9.22. The Hall–Kier alpha value is -1.22. The van der Waals surface area contributed by atoms with Gasteiger partial charge in [0.1, 0.15) is 0 Å². The van der Waals surface area contributed by atoms with Crippen molar-refractivity contribution in [2.75, 3.05) is 10.6 Å². The lowest BCUT2D eigenvalue weighted by Crippen LogP contribution is -2.38. The van der Waals surface area contributed by atoms with Gasteiger partial charge in [0.25, 0.3) is 0 Å². The molecule has 0 amide bonds. The van der Waals surface area contributed by atoms with E-state index in [2.05, 4.69) is 49.0 Å². The SMILES string of the molecule is CCCCCCCCCC(CC)C(=S)NC(=S)Nc1ccccc1NC(=S)NC(=S)C(CC)CCCCCCCCC. The maximum absolute atomic E-state index is 5.75. The van der Waals surface area contributed by atoms with Crippen LogP contribution in [0.5, 0.6) is 0 Å². The molecule has 2 atom stereocenters. The normalized spacial score (nSPS) is 12.3. The van der Waals surface area contributed by atoms with Gasteiger partial charge in [0.15, 0.2) is 10.2 Å². The number of thiocarbonyl (C=S) groups is 4. The molecule has 0 saturated heterocycles. The van der Waals surface area contributed by atoms with Gasteiger partial charge in [-0.1, -0.05) is 154 Å². The standard InChI is InChI=1S/C34H58N4S4/c1-5-9-11-13-15-17-19-23-27(7-3)31(39)37-33(41)35-29-25-21-22-26-30(29)36-34(42)38-32(40)28(8-4)24-20-18-16-14-12-10-6-2/h21-22,25-28H,5-20,23-24H2,1-4H3,(H2,35,37,39,41)(H2,36,38,40,42). The Balaban J connectivity index is 2.52. The molecule has 0 fully saturated rings. The fourth-order valence-electron chi connectivity index (χ4n) is 5.17. The highest BCUT2D eigenvalue weighted by Crippen LogP contribution is 2.22. The molecule has 1 aromatic rings. The molecule has 0 saturated carbocycles. The lowest BCUT2D eigenvalue weighted by molar-refractivity contribution is 0.523. The van der Waals surface area contributed by atoms with Gasteiger partial charge in [0.2, 0.25) is 0 Å². The molecule has 4 N–H and O–H groups in total. The number of hydrogen-bond acceptors (Lipinski definition) is 4. The lowest BCUT2D eigenvalue weighted by Gasteiger charge is -2.21. The van der Waals surface area contributed by atoms with Crippen LogP contribution in [0.3, 0.4) is 0 Å². The molecule has 42 heavy (non-hydrogen) atoms. The summed E-state index contributed by atoms with van der Waals surface area (Å²) in [6, 6.07) is 7.90. The number of benzene rings is 1. The van der Waals surface area contributed by atoms with E-state index in [1.807, 2.05) is 24.3 Å². The third-order valence-electron chi connectivity index (χ3n) is 7.94. The van der Waals surface area contributed by atoms with E-state index in [1.165, 1.54) is 89.9 Å². The third kappa shape index (κ3) is 17.8. The molecule has 0 aromatic heterocycles. The lowest BCUT2D eigenvalue weighted by atomic mass is 9.97. The van der Waals surface area contributed by atoms with Gasteiger partial charge >= 0.3 is 0 Å². The van der Waals surface area contributed by atoms with E-state index < -0.39 is 0 Å². The topological polar surface area (TPSA) is 48.1 Å². The number of anilines is 2. The van der Waals surface area contributed by atoms with Gasteiger partial charge in [0.05, 0.1) is 21.4 Å². The van der Waals surface area contributed by atoms with Gasteiger partial charge < -0.3 is 21.3 Å². The Morgan fingerprint density at radius 1 is 0.524 bits per heavy atom. The summed E-state index contributed by atoms with van der Waals surface area (Å²) in [6.45, 7) is 8.92. The van der Waals surface area contributed by atoms with Gasteiger partial charge in [-0.15, -0.1) is 0 Å². The van der Waals surface area contributed by atoms with Crippen molar-refractivity contribution in [3.8, 4) is 0 Å². The summed E-state index contributed by atoms with van der Waals surface area (Å²) in [5, 5.41) is 14.2. The molecule has 8 heteroatoms. The predicted molar refractivity (Wildman–Crippen MR) is 203 cm³/mol. The van der Waals surface area contributed by atoms with Crippen molar-refractivity contribution in [2.24, 2.45) is 11.8 Å². The number of unbranched alkanes of at least 4 members (excludes halogenated alkanes) is 12. The Morgan fingerprint density at radius 3 is 1.19 bits per heavy atom. The molecule has 238 valence electrons. The number of hydrogen-bond donors (Lipinski definition) is 4. The van der Waals surface area contributed by atoms with E-state index in [4.69, 9.17) is 48.9 Å². The van der Waals surface area contributed by atoms with Gasteiger partial charge in [-0.05, 0) is 62.3 Å². The zero-order valence-corrected chi connectivity index (χ0v) is 30.1. The summed E-state index contributed by atoms with van der Waals surface area (Å²) in [7, 11) is 0. The molecular formula is C34H58N4S4. The molecule has 0 aliphatic rings. The van der Waals surface area contributed by atoms with Crippen molar-refractivity contribution in [1.29, 1.82) is 0 Å². The quantitative estimate of drug-likeness (QED) is 0.0730. The van der Waals surface area contributed by atoms with Crippen LogP contribution in [0.4, 0.5) is 11.4 Å². The summed E-state index contributed by atoms with van der Waals surface area (Å²) in [5.41, 5.74) is 1.67. The first-order valence-corrected chi connectivity index (χ1v) is 18.3. The second kappa shape index (κ2) is 25.1. The minimum Gasteiger partial charge on any atom is -0.331 e. The minimum absolute atomic E-state index is 0.342. The van der Waals surface area contributed by atoms with E-state index in [9.17, 15) is 0 Å². The molecule has 0 aliphatic heterocycles. The van der Waals surface area contributed by atoms with Crippen LogP contribution in [0, 0.1) is 11.8 Å². The molecule has 0 heterocycles. The van der Waals surface area contributed by atoms with Gasteiger partial charge in [-0.2, -0.15) is 0 Å². The summed E-state index contributed by atoms with van der Waals surface area (Å²) in [4.78, 5) is 1.64. The van der Waals surface area contributed by atoms with Crippen molar-refractivity contribution < 1.29 is 0 Å². The van der Waals surface area contributed by atoms with Crippen molar-refractivity contribution in [1.82, 2.24) is 10.6 Å². The fourth-order valence-corrected chi connectivity index (χ4v) is 6.52. The molecular weight excluding hydrogens is 593 g/mol. The zero-order valence-electron chi connectivity index (χ0n) is 26.8. The van der Waals surface area contributed by atoms with Gasteiger partial charge in [0, 0.05) is 11.8 Å². The molecule has 1 rings (SSSR count). The van der Waals surface area contributed by atoms with E-state index in [0.29, 0.717) is 22.1 Å². The van der Waals surface area contributed by atoms with Crippen LogP contribution >= 0.6 is 48.9 Å². The second-order valence-electron chi connectivity index (χ2n) is 11.5. The number of rotatable bonds is 22. The predicted octanol–water partition coefficient (Wildman–Crippen LogP) is 11.2. The first-order valence-electron chi connectivity index (χ1n) is 16.7. The van der Waals surface area contributed by atoms with Crippen molar-refractivity contribution in [3.05, 3.63) is 24.3 Å². The average Bonchev–Trinajstić information content (AvgIpc) is 2.96. The van der Waals surface area contributed by atoms with Crippen LogP contribution in [-0.2, 0) is 0 Å². The Kier molecular flexibility index (Phi) is 23.2. The first kappa shape index (κ1) is 38.8. The monoisotopic (exact) mass is 650 g/mol. The van der Waals surface area contributed by atoms with Crippen LogP contribution < -0.4 is 21.3 Å². The maximum atomic E-state index is 5.75. The molecule has 1 aromatic carbocycles. The van der Waals surface area contributed by atoms with Crippen molar-refractivity contribution in [2.45, 2.75) is 143 Å². The molecule has 0 bridgehead atoms. The Labute approximate surface area is 279 Å². The van der Waals surface area contributed by atoms with Crippen LogP contribution in [0.1, 0.15) is 143 Å².